The summed E-state index contributed by atoms with van der Waals surface area (Å²) >= 11 is 0. The fourth-order valence-electron chi connectivity index (χ4n) is 2.67. The summed E-state index contributed by atoms with van der Waals surface area (Å²) in [6, 6.07) is 10.9. The summed E-state index contributed by atoms with van der Waals surface area (Å²) in [6.07, 6.45) is -0.124. The largest absolute Gasteiger partial charge is 0.454 e. The fourth-order valence-corrected chi connectivity index (χ4v) is 2.67. The highest BCUT2D eigenvalue weighted by Gasteiger charge is 2.35. The van der Waals surface area contributed by atoms with Crippen molar-refractivity contribution < 1.29 is 33.5 Å². The zero-order valence-corrected chi connectivity index (χ0v) is 13.6. The topological polar surface area (TPSA) is 114 Å². The predicted octanol–water partition coefficient (Wildman–Crippen LogP) is 2.51. The third-order valence-electron chi connectivity index (χ3n) is 3.96. The van der Waals surface area contributed by atoms with Crippen molar-refractivity contribution in [2.24, 2.45) is 0 Å². The van der Waals surface area contributed by atoms with Crippen LogP contribution in [-0.2, 0) is 19.1 Å². The number of fused-ring (bicyclic) bond motifs is 1. The molecule has 0 aliphatic carbocycles. The molecular formula is C18H11NO8. The van der Waals surface area contributed by atoms with Crippen LogP contribution in [0.1, 0.15) is 17.4 Å². The van der Waals surface area contributed by atoms with Crippen LogP contribution in [-0.4, -0.2) is 23.7 Å². The molecule has 0 atom stereocenters. The van der Waals surface area contributed by atoms with Gasteiger partial charge in [-0.15, -0.1) is 0 Å². The van der Waals surface area contributed by atoms with E-state index in [2.05, 4.69) is 0 Å². The average Bonchev–Trinajstić information content (AvgIpc) is 3.11. The van der Waals surface area contributed by atoms with E-state index < -0.39 is 28.7 Å². The molecule has 9 nitrogen and oxygen atoms in total. The summed E-state index contributed by atoms with van der Waals surface area (Å²) in [4.78, 5) is 35.2. The molecule has 2 aliphatic rings. The maximum atomic E-state index is 12.3. The number of nitro groups is 1. The Bertz CT molecular complexity index is 962. The number of cyclic esters (lactones) is 2. The van der Waals surface area contributed by atoms with Crippen LogP contribution in [0.4, 0.5) is 5.69 Å². The molecule has 4 rings (SSSR count). The summed E-state index contributed by atoms with van der Waals surface area (Å²) < 4.78 is 20.6. The van der Waals surface area contributed by atoms with Crippen LogP contribution in [0.15, 0.2) is 48.0 Å². The van der Waals surface area contributed by atoms with Crippen molar-refractivity contribution in [2.75, 3.05) is 6.79 Å². The molecule has 2 aromatic rings. The first kappa shape index (κ1) is 16.6. The van der Waals surface area contributed by atoms with Gasteiger partial charge in [-0.2, -0.15) is 0 Å². The Morgan fingerprint density at radius 1 is 1.00 bits per heavy atom. The number of rotatable bonds is 3. The second-order valence-electron chi connectivity index (χ2n) is 5.63. The highest BCUT2D eigenvalue weighted by atomic mass is 16.7. The number of nitro benzene ring substituents is 1. The lowest BCUT2D eigenvalue weighted by molar-refractivity contribution is -0.385. The second-order valence-corrected chi connectivity index (χ2v) is 5.63. The minimum atomic E-state index is -1.17. The molecule has 9 heteroatoms. The molecule has 2 aromatic carbocycles. The molecule has 0 aromatic heterocycles. The van der Waals surface area contributed by atoms with Gasteiger partial charge in [0.2, 0.25) is 6.79 Å². The van der Waals surface area contributed by atoms with Crippen LogP contribution in [0, 0.1) is 10.1 Å². The van der Waals surface area contributed by atoms with E-state index in [4.69, 9.17) is 18.9 Å². The number of hydrogen-bond acceptors (Lipinski definition) is 8. The lowest BCUT2D eigenvalue weighted by Gasteiger charge is -2.23. The quantitative estimate of drug-likeness (QED) is 0.266. The number of carbonyl (C=O) groups is 2. The summed E-state index contributed by atoms with van der Waals surface area (Å²) in [5, 5.41) is 11.3. The Morgan fingerprint density at radius 3 is 2.26 bits per heavy atom. The van der Waals surface area contributed by atoms with E-state index >= 15 is 0 Å². The third kappa shape index (κ3) is 3.06. The normalized spacial score (nSPS) is 17.9. The van der Waals surface area contributed by atoms with Gasteiger partial charge in [0.15, 0.2) is 11.5 Å². The van der Waals surface area contributed by atoms with E-state index in [0.29, 0.717) is 5.56 Å². The summed E-state index contributed by atoms with van der Waals surface area (Å²) in [5.41, 5.74) is -0.319. The van der Waals surface area contributed by atoms with Crippen molar-refractivity contribution in [1.82, 2.24) is 0 Å². The van der Waals surface area contributed by atoms with Gasteiger partial charge in [0.25, 0.3) is 12.0 Å². The molecule has 0 N–H and O–H groups in total. The smallest absolute Gasteiger partial charge is 0.348 e. The minimum Gasteiger partial charge on any atom is -0.454 e. The number of hydrogen-bond donors (Lipinski definition) is 0. The minimum absolute atomic E-state index is 0.00805. The highest BCUT2D eigenvalue weighted by Crippen LogP contribution is 2.39. The SMILES string of the molecule is O=C1OC(c2ccccc2)OC(=O)C1=Cc1cc2c(cc1[N+](=O)[O-])OCO2. The molecule has 0 unspecified atom stereocenters. The van der Waals surface area contributed by atoms with Gasteiger partial charge in [-0.1, -0.05) is 30.3 Å². The van der Waals surface area contributed by atoms with E-state index in [0.717, 1.165) is 6.08 Å². The zero-order valence-electron chi connectivity index (χ0n) is 13.6. The number of nitrogens with zero attached hydrogens (tertiary/aromatic N) is 1. The van der Waals surface area contributed by atoms with Gasteiger partial charge in [0.05, 0.1) is 16.6 Å². The first-order valence-electron chi connectivity index (χ1n) is 7.79. The Kier molecular flexibility index (Phi) is 3.96. The highest BCUT2D eigenvalue weighted by molar-refractivity contribution is 6.19. The van der Waals surface area contributed by atoms with Crippen molar-refractivity contribution in [1.29, 1.82) is 0 Å². The molecule has 0 amide bonds. The molecule has 1 fully saturated rings. The van der Waals surface area contributed by atoms with E-state index in [-0.39, 0.29) is 29.5 Å². The molecule has 2 aliphatic heterocycles. The van der Waals surface area contributed by atoms with Gasteiger partial charge >= 0.3 is 11.9 Å². The first-order valence-corrected chi connectivity index (χ1v) is 7.79. The number of benzene rings is 2. The first-order chi connectivity index (χ1) is 13.0. The van der Waals surface area contributed by atoms with Crippen molar-refractivity contribution in [3.05, 3.63) is 69.3 Å². The van der Waals surface area contributed by atoms with E-state index in [9.17, 15) is 19.7 Å². The molecule has 0 spiro atoms. The van der Waals surface area contributed by atoms with Crippen LogP contribution in [0.25, 0.3) is 6.08 Å². The van der Waals surface area contributed by atoms with E-state index in [1.54, 1.807) is 30.3 Å². The fraction of sp³-hybridized carbons (Fsp3) is 0.111. The summed E-state index contributed by atoms with van der Waals surface area (Å²) in [7, 11) is 0. The van der Waals surface area contributed by atoms with Crippen LogP contribution in [0.3, 0.4) is 0 Å². The van der Waals surface area contributed by atoms with Gasteiger partial charge in [-0.3, -0.25) is 10.1 Å². The van der Waals surface area contributed by atoms with Crippen molar-refractivity contribution in [3.8, 4) is 11.5 Å². The van der Waals surface area contributed by atoms with Crippen LogP contribution in [0.2, 0.25) is 0 Å². The molecule has 2 heterocycles. The zero-order chi connectivity index (χ0) is 19.0. The number of esters is 2. The number of carbonyl (C=O) groups excluding carboxylic acids is 2. The molecule has 27 heavy (non-hydrogen) atoms. The predicted molar refractivity (Wildman–Crippen MR) is 88.6 cm³/mol. The van der Waals surface area contributed by atoms with Crippen molar-refractivity contribution >= 4 is 23.7 Å². The maximum Gasteiger partial charge on any atom is 0.348 e. The third-order valence-corrected chi connectivity index (χ3v) is 3.96. The van der Waals surface area contributed by atoms with E-state index in [1.807, 2.05) is 0 Å². The van der Waals surface area contributed by atoms with Gasteiger partial charge < -0.3 is 18.9 Å². The molecule has 136 valence electrons. The van der Waals surface area contributed by atoms with Crippen LogP contribution < -0.4 is 9.47 Å². The number of ether oxygens (including phenoxy) is 4. The summed E-state index contributed by atoms with van der Waals surface area (Å²) in [6.45, 7) is -0.0741. The lowest BCUT2D eigenvalue weighted by atomic mass is 10.1. The van der Waals surface area contributed by atoms with E-state index in [1.165, 1.54) is 12.1 Å². The van der Waals surface area contributed by atoms with Gasteiger partial charge in [0, 0.05) is 5.56 Å². The van der Waals surface area contributed by atoms with Crippen LogP contribution in [0.5, 0.6) is 11.5 Å². The Labute approximate surface area is 151 Å². The second kappa shape index (κ2) is 6.45. The molecule has 0 bridgehead atoms. The molecule has 0 saturated carbocycles. The van der Waals surface area contributed by atoms with Crippen molar-refractivity contribution in [2.45, 2.75) is 6.29 Å². The Balaban J connectivity index is 1.68. The maximum absolute atomic E-state index is 12.3. The van der Waals surface area contributed by atoms with Gasteiger partial charge in [0.1, 0.15) is 5.57 Å². The Morgan fingerprint density at radius 2 is 1.63 bits per heavy atom. The van der Waals surface area contributed by atoms with Crippen LogP contribution >= 0.6 is 0 Å². The lowest BCUT2D eigenvalue weighted by Crippen LogP contribution is -2.29. The Hall–Kier alpha value is -3.88. The standard InChI is InChI=1S/C18H11NO8/c20-16-12(17(21)27-18(26-16)10-4-2-1-3-5-10)6-11-7-14-15(25-9-24-14)8-13(11)19(22)23/h1-8,18H,9H2. The van der Waals surface area contributed by atoms with Gasteiger partial charge in [-0.05, 0) is 12.1 Å². The monoisotopic (exact) mass is 369 g/mol. The van der Waals surface area contributed by atoms with Gasteiger partial charge in [-0.25, -0.2) is 9.59 Å². The molecule has 1 saturated heterocycles. The van der Waals surface area contributed by atoms with Crippen molar-refractivity contribution in [3.63, 3.8) is 0 Å². The molecular weight excluding hydrogens is 358 g/mol. The molecule has 0 radical (unpaired) electrons. The average molecular weight is 369 g/mol. The summed E-state index contributed by atoms with van der Waals surface area (Å²) in [5.74, 6) is -1.40.